The van der Waals surface area contributed by atoms with Crippen molar-refractivity contribution in [2.24, 2.45) is 40.4 Å². The number of rotatable bonds is 0. The lowest BCUT2D eigenvalue weighted by molar-refractivity contribution is -0.136. The van der Waals surface area contributed by atoms with Crippen LogP contribution >= 0.6 is 0 Å². The number of carbonyl (C=O) groups is 1. The van der Waals surface area contributed by atoms with Crippen molar-refractivity contribution in [3.8, 4) is 0 Å². The van der Waals surface area contributed by atoms with Gasteiger partial charge in [0.05, 0.1) is 6.10 Å². The third-order valence-corrected chi connectivity index (χ3v) is 9.36. The summed E-state index contributed by atoms with van der Waals surface area (Å²) in [5.74, 6) is 4.02. The molecule has 3 unspecified atom stereocenters. The van der Waals surface area contributed by atoms with E-state index in [4.69, 9.17) is 0 Å². The number of allylic oxidation sites excluding steroid dienone is 2. The summed E-state index contributed by atoms with van der Waals surface area (Å²) in [5.41, 5.74) is 0.679. The number of aliphatic hydroxyl groups excluding tert-OH is 1. The van der Waals surface area contributed by atoms with Crippen LogP contribution in [0.2, 0.25) is 0 Å². The van der Waals surface area contributed by atoms with E-state index in [1.807, 2.05) is 0 Å². The molecule has 1 N–H and O–H groups in total. The minimum Gasteiger partial charge on any atom is -0.393 e. The Kier molecular flexibility index (Phi) is 3.38. The molecular formula is C22H32O2. The zero-order valence-electron chi connectivity index (χ0n) is 15.0. The Balaban J connectivity index is 1.48. The lowest BCUT2D eigenvalue weighted by Gasteiger charge is -2.61. The van der Waals surface area contributed by atoms with E-state index in [9.17, 15) is 9.90 Å². The fourth-order valence-electron chi connectivity index (χ4n) is 8.28. The molecule has 0 bridgehead atoms. The van der Waals surface area contributed by atoms with Crippen molar-refractivity contribution >= 4 is 5.78 Å². The number of aliphatic hydroxyl groups is 1. The molecule has 5 rings (SSSR count). The van der Waals surface area contributed by atoms with Crippen LogP contribution < -0.4 is 0 Å². The van der Waals surface area contributed by atoms with E-state index in [0.717, 1.165) is 42.9 Å². The van der Waals surface area contributed by atoms with Crippen LogP contribution in [-0.2, 0) is 4.79 Å². The molecule has 8 atom stereocenters. The Labute approximate surface area is 146 Å². The van der Waals surface area contributed by atoms with E-state index in [-0.39, 0.29) is 11.5 Å². The molecule has 0 aromatic carbocycles. The van der Waals surface area contributed by atoms with Gasteiger partial charge in [-0.1, -0.05) is 19.1 Å². The number of Topliss-reactive ketones (excluding diaryl/α,β-unsaturated/α-hetero) is 1. The minimum absolute atomic E-state index is 0.0516. The Bertz CT molecular complexity index is 581. The van der Waals surface area contributed by atoms with Crippen molar-refractivity contribution in [3.63, 3.8) is 0 Å². The summed E-state index contributed by atoms with van der Waals surface area (Å²) >= 11 is 0. The van der Waals surface area contributed by atoms with Gasteiger partial charge < -0.3 is 5.11 Å². The highest BCUT2D eigenvalue weighted by molar-refractivity contribution is 5.85. The highest BCUT2D eigenvalue weighted by atomic mass is 16.3. The Morgan fingerprint density at radius 1 is 1.04 bits per heavy atom. The molecule has 0 saturated heterocycles. The van der Waals surface area contributed by atoms with E-state index in [0.29, 0.717) is 23.5 Å². The van der Waals surface area contributed by atoms with E-state index >= 15 is 0 Å². The van der Waals surface area contributed by atoms with Crippen molar-refractivity contribution in [2.45, 2.75) is 77.2 Å². The molecule has 1 spiro atoms. The van der Waals surface area contributed by atoms with Crippen LogP contribution in [0.1, 0.15) is 71.1 Å². The van der Waals surface area contributed by atoms with Crippen molar-refractivity contribution in [3.05, 3.63) is 12.2 Å². The smallest absolute Gasteiger partial charge is 0.140 e. The van der Waals surface area contributed by atoms with Crippen molar-refractivity contribution in [1.82, 2.24) is 0 Å². The Morgan fingerprint density at radius 2 is 1.92 bits per heavy atom. The number of fused-ring (bicyclic) bond motifs is 4. The van der Waals surface area contributed by atoms with Crippen LogP contribution in [0.5, 0.6) is 0 Å². The molecule has 5 aliphatic carbocycles. The lowest BCUT2D eigenvalue weighted by Crippen LogP contribution is -2.54. The zero-order valence-corrected chi connectivity index (χ0v) is 15.0. The second-order valence-electron chi connectivity index (χ2n) is 9.94. The van der Waals surface area contributed by atoms with Gasteiger partial charge in [0.25, 0.3) is 0 Å². The molecule has 0 radical (unpaired) electrons. The summed E-state index contributed by atoms with van der Waals surface area (Å²) in [7, 11) is 0. The normalized spacial score (nSPS) is 56.2. The maximum Gasteiger partial charge on any atom is 0.140 e. The molecule has 0 aromatic heterocycles. The summed E-state index contributed by atoms with van der Waals surface area (Å²) in [6.45, 7) is 2.55. The van der Waals surface area contributed by atoms with Crippen LogP contribution in [0.25, 0.3) is 0 Å². The fraction of sp³-hybridized carbons (Fsp3) is 0.864. The summed E-state index contributed by atoms with van der Waals surface area (Å²) in [5, 5.41) is 10.1. The maximum absolute atomic E-state index is 12.5. The van der Waals surface area contributed by atoms with E-state index in [1.54, 1.807) is 0 Å². The van der Waals surface area contributed by atoms with Crippen molar-refractivity contribution in [2.75, 3.05) is 0 Å². The predicted octanol–water partition coefficient (Wildman–Crippen LogP) is 4.52. The van der Waals surface area contributed by atoms with Crippen molar-refractivity contribution in [1.29, 1.82) is 0 Å². The molecule has 0 heterocycles. The molecule has 4 saturated carbocycles. The van der Waals surface area contributed by atoms with Crippen LogP contribution in [0.3, 0.4) is 0 Å². The molecule has 0 amide bonds. The minimum atomic E-state index is -0.0516. The molecule has 4 fully saturated rings. The zero-order chi connectivity index (χ0) is 16.5. The second kappa shape index (κ2) is 5.19. The first kappa shape index (κ1) is 15.6. The van der Waals surface area contributed by atoms with Crippen LogP contribution in [0.15, 0.2) is 12.2 Å². The van der Waals surface area contributed by atoms with Gasteiger partial charge in [0.2, 0.25) is 0 Å². The summed E-state index contributed by atoms with van der Waals surface area (Å²) < 4.78 is 0. The predicted molar refractivity (Wildman–Crippen MR) is 94.3 cm³/mol. The van der Waals surface area contributed by atoms with Gasteiger partial charge in [-0.15, -0.1) is 0 Å². The first-order chi connectivity index (χ1) is 11.5. The highest BCUT2D eigenvalue weighted by Gasteiger charge is 2.62. The first-order valence-electron chi connectivity index (χ1n) is 10.4. The largest absolute Gasteiger partial charge is 0.393 e. The second-order valence-corrected chi connectivity index (χ2v) is 9.94. The summed E-state index contributed by atoms with van der Waals surface area (Å²) in [4.78, 5) is 12.5. The van der Waals surface area contributed by atoms with Gasteiger partial charge in [-0.05, 0) is 86.9 Å². The third kappa shape index (κ3) is 1.90. The topological polar surface area (TPSA) is 37.3 Å². The number of hydrogen-bond donors (Lipinski definition) is 1. The highest BCUT2D eigenvalue weighted by Crippen LogP contribution is 2.68. The molecule has 132 valence electrons. The van der Waals surface area contributed by atoms with Gasteiger partial charge >= 0.3 is 0 Å². The third-order valence-electron chi connectivity index (χ3n) is 9.36. The quantitative estimate of drug-likeness (QED) is 0.664. The number of hydrogen-bond acceptors (Lipinski definition) is 2. The van der Waals surface area contributed by atoms with E-state index < -0.39 is 0 Å². The first-order valence-corrected chi connectivity index (χ1v) is 10.4. The Hall–Kier alpha value is -0.630. The van der Waals surface area contributed by atoms with Gasteiger partial charge in [-0.3, -0.25) is 4.79 Å². The number of ketones is 1. The molecule has 2 nitrogen and oxygen atoms in total. The van der Waals surface area contributed by atoms with Crippen LogP contribution in [0, 0.1) is 40.4 Å². The molecule has 2 heteroatoms. The van der Waals surface area contributed by atoms with Gasteiger partial charge in [-0.2, -0.15) is 0 Å². The molecular weight excluding hydrogens is 296 g/mol. The van der Waals surface area contributed by atoms with E-state index in [1.165, 1.54) is 38.5 Å². The average molecular weight is 328 g/mol. The summed E-state index contributed by atoms with van der Waals surface area (Å²) in [6.07, 6.45) is 16.2. The summed E-state index contributed by atoms with van der Waals surface area (Å²) in [6, 6.07) is 0. The molecule has 5 aliphatic rings. The van der Waals surface area contributed by atoms with Crippen LogP contribution in [0.4, 0.5) is 0 Å². The molecule has 24 heavy (non-hydrogen) atoms. The standard InChI is InChI=1S/C22H32O2/c1-21-11-8-15(23)13-14(21)4-5-16-17(21)9-12-22-10-2-3-20(24)19(22)7-6-18(16)22/h2,10,14-19,23H,3-9,11-13H2,1H3/t14-,15+,16?,17?,18?,19+,21-,22-/m0/s1. The number of carbonyl (C=O) groups excluding carboxylic acids is 1. The van der Waals surface area contributed by atoms with Gasteiger partial charge in [-0.25, -0.2) is 0 Å². The molecule has 0 aromatic rings. The van der Waals surface area contributed by atoms with Crippen LogP contribution in [-0.4, -0.2) is 17.0 Å². The SMILES string of the molecule is C[C@]12CC[C@@H](O)C[C@@H]1CCC1C3CC[C@@H]4C(=O)CC=C[C@]34CCC12. The monoisotopic (exact) mass is 328 g/mol. The van der Waals surface area contributed by atoms with Gasteiger partial charge in [0.15, 0.2) is 0 Å². The lowest BCUT2D eigenvalue weighted by atomic mass is 9.44. The fourth-order valence-corrected chi connectivity index (χ4v) is 8.28. The Morgan fingerprint density at radius 3 is 2.79 bits per heavy atom. The van der Waals surface area contributed by atoms with Gasteiger partial charge in [0, 0.05) is 17.8 Å². The van der Waals surface area contributed by atoms with Crippen molar-refractivity contribution < 1.29 is 9.90 Å². The van der Waals surface area contributed by atoms with Gasteiger partial charge in [0.1, 0.15) is 5.78 Å². The van der Waals surface area contributed by atoms with E-state index in [2.05, 4.69) is 19.1 Å². The molecule has 0 aliphatic heterocycles. The average Bonchev–Trinajstić information content (AvgIpc) is 2.96. The maximum atomic E-state index is 12.5.